The lowest BCUT2D eigenvalue weighted by molar-refractivity contribution is 0.599. The Kier molecular flexibility index (Phi) is 9.44. The highest BCUT2D eigenvalue weighted by Crippen LogP contribution is 2.14. The molecule has 0 fully saturated rings. The molecule has 0 radical (unpaired) electrons. The third-order valence-electron chi connectivity index (χ3n) is 2.76. The van der Waals surface area contributed by atoms with Crippen molar-refractivity contribution in [2.75, 3.05) is 24.1 Å². The predicted molar refractivity (Wildman–Crippen MR) is 104 cm³/mol. The summed E-state index contributed by atoms with van der Waals surface area (Å²) in [6, 6.07) is 4.42. The Labute approximate surface area is 154 Å². The molecule has 0 atom stereocenters. The van der Waals surface area contributed by atoms with Crippen LogP contribution in [0, 0.1) is 12.7 Å². The van der Waals surface area contributed by atoms with Crippen molar-refractivity contribution in [3.8, 4) is 0 Å². The van der Waals surface area contributed by atoms with Gasteiger partial charge in [-0.05, 0) is 38.5 Å². The Balaban J connectivity index is 0.00000484. The average molecular weight is 458 g/mol. The van der Waals surface area contributed by atoms with E-state index >= 15 is 0 Å². The first-order valence-corrected chi connectivity index (χ1v) is 8.62. The quantitative estimate of drug-likeness (QED) is 0.347. The molecule has 6 nitrogen and oxygen atoms in total. The van der Waals surface area contributed by atoms with Crippen molar-refractivity contribution in [1.82, 2.24) is 10.6 Å². The van der Waals surface area contributed by atoms with E-state index in [4.69, 9.17) is 0 Å². The van der Waals surface area contributed by atoms with E-state index < -0.39 is 15.8 Å². The summed E-state index contributed by atoms with van der Waals surface area (Å²) in [6.45, 7) is 5.72. The molecule has 0 aliphatic heterocycles. The lowest BCUT2D eigenvalue weighted by Crippen LogP contribution is -2.43. The van der Waals surface area contributed by atoms with Crippen molar-refractivity contribution < 1.29 is 12.8 Å². The highest BCUT2D eigenvalue weighted by atomic mass is 127. The van der Waals surface area contributed by atoms with Crippen LogP contribution in [0.2, 0.25) is 0 Å². The molecule has 0 heterocycles. The molecule has 0 amide bonds. The van der Waals surface area contributed by atoms with E-state index in [9.17, 15) is 12.8 Å². The van der Waals surface area contributed by atoms with E-state index in [0.717, 1.165) is 0 Å². The lowest BCUT2D eigenvalue weighted by atomic mass is 10.2. The van der Waals surface area contributed by atoms with Crippen molar-refractivity contribution >= 4 is 45.6 Å². The van der Waals surface area contributed by atoms with Gasteiger partial charge in [0.2, 0.25) is 10.0 Å². The topological polar surface area (TPSA) is 82.6 Å². The van der Waals surface area contributed by atoms with Crippen LogP contribution in [-0.2, 0) is 10.0 Å². The number of nitrogens with one attached hydrogen (secondary N) is 3. The van der Waals surface area contributed by atoms with Crippen LogP contribution in [0.4, 0.5) is 10.1 Å². The maximum absolute atomic E-state index is 13.4. The van der Waals surface area contributed by atoms with E-state index in [1.165, 1.54) is 18.2 Å². The summed E-state index contributed by atoms with van der Waals surface area (Å²) in [5, 5.41) is 5.96. The Bertz CT molecular complexity index is 636. The lowest BCUT2D eigenvalue weighted by Gasteiger charge is -2.14. The number of aliphatic imine (C=N–C) groups is 1. The number of halogens is 2. The minimum atomic E-state index is -3.56. The number of hydrogen-bond donors (Lipinski definition) is 3. The Hall–Kier alpha value is -1.10. The summed E-state index contributed by atoms with van der Waals surface area (Å²) in [5.74, 6) is -0.0622. The van der Waals surface area contributed by atoms with Crippen molar-refractivity contribution in [2.45, 2.75) is 26.8 Å². The number of hydrogen-bond acceptors (Lipinski definition) is 3. The maximum atomic E-state index is 13.4. The highest BCUT2D eigenvalue weighted by molar-refractivity contribution is 14.0. The third kappa shape index (κ3) is 8.35. The summed E-state index contributed by atoms with van der Waals surface area (Å²) >= 11 is 0. The van der Waals surface area contributed by atoms with Crippen LogP contribution in [0.5, 0.6) is 0 Å². The highest BCUT2D eigenvalue weighted by Gasteiger charge is 2.12. The van der Waals surface area contributed by atoms with Crippen LogP contribution < -0.4 is 15.4 Å². The zero-order chi connectivity index (χ0) is 16.8. The molecule has 1 aromatic carbocycles. The van der Waals surface area contributed by atoms with E-state index in [2.05, 4.69) is 20.3 Å². The van der Waals surface area contributed by atoms with Crippen LogP contribution in [-0.4, -0.2) is 39.8 Å². The summed E-state index contributed by atoms with van der Waals surface area (Å²) in [5.41, 5.74) is 0.681. The second kappa shape index (κ2) is 9.91. The second-order valence-electron chi connectivity index (χ2n) is 5.18. The number of nitrogens with zero attached hydrogens (tertiary/aromatic N) is 1. The molecule has 23 heavy (non-hydrogen) atoms. The smallest absolute Gasteiger partial charge is 0.234 e. The first kappa shape index (κ1) is 21.9. The van der Waals surface area contributed by atoms with Gasteiger partial charge < -0.3 is 10.6 Å². The first-order valence-electron chi connectivity index (χ1n) is 6.97. The minimum absolute atomic E-state index is 0. The van der Waals surface area contributed by atoms with Gasteiger partial charge >= 0.3 is 0 Å². The van der Waals surface area contributed by atoms with Gasteiger partial charge in [0.25, 0.3) is 0 Å². The van der Waals surface area contributed by atoms with E-state index in [0.29, 0.717) is 11.5 Å². The molecule has 0 bridgehead atoms. The molecule has 0 aliphatic carbocycles. The Morgan fingerprint density at radius 3 is 2.52 bits per heavy atom. The molecule has 0 spiro atoms. The maximum Gasteiger partial charge on any atom is 0.234 e. The van der Waals surface area contributed by atoms with Crippen LogP contribution in [0.1, 0.15) is 19.4 Å². The fraction of sp³-hybridized carbons (Fsp3) is 0.500. The van der Waals surface area contributed by atoms with Crippen molar-refractivity contribution in [3.05, 3.63) is 29.6 Å². The number of benzene rings is 1. The molecule has 1 rings (SSSR count). The van der Waals surface area contributed by atoms with E-state index in [-0.39, 0.29) is 48.0 Å². The zero-order valence-electron chi connectivity index (χ0n) is 13.7. The first-order chi connectivity index (χ1) is 10.2. The van der Waals surface area contributed by atoms with E-state index in [1.807, 2.05) is 13.8 Å². The third-order valence-corrected chi connectivity index (χ3v) is 4.05. The molecular weight excluding hydrogens is 434 g/mol. The number of rotatable bonds is 6. The summed E-state index contributed by atoms with van der Waals surface area (Å²) in [6.07, 6.45) is 0. The number of sulfonamides is 1. The fourth-order valence-electron chi connectivity index (χ4n) is 1.66. The molecule has 0 unspecified atom stereocenters. The molecule has 1 aromatic rings. The van der Waals surface area contributed by atoms with Crippen LogP contribution >= 0.6 is 24.0 Å². The largest absolute Gasteiger partial charge is 0.355 e. The minimum Gasteiger partial charge on any atom is -0.355 e. The van der Waals surface area contributed by atoms with Crippen LogP contribution in [0.25, 0.3) is 0 Å². The predicted octanol–water partition coefficient (Wildman–Crippen LogP) is 2.07. The molecule has 9 heteroatoms. The fourth-order valence-corrected chi connectivity index (χ4v) is 2.62. The van der Waals surface area contributed by atoms with Gasteiger partial charge in [-0.1, -0.05) is 6.07 Å². The average Bonchev–Trinajstić information content (AvgIpc) is 2.40. The molecule has 0 aliphatic rings. The van der Waals surface area contributed by atoms with Gasteiger partial charge in [0.05, 0.1) is 11.4 Å². The second-order valence-corrected chi connectivity index (χ2v) is 7.02. The standard InChI is InChI=1S/C14H23FN4O2S.HI/c1-10(2)18-14(16-4)17-7-8-22(20,21)19-12-6-5-11(3)13(15)9-12;/h5-6,9-10,19H,7-8H2,1-4H3,(H2,16,17,18);1H. The van der Waals surface area contributed by atoms with Crippen molar-refractivity contribution in [3.63, 3.8) is 0 Å². The molecule has 0 aromatic heterocycles. The number of aryl methyl sites for hydroxylation is 1. The van der Waals surface area contributed by atoms with Gasteiger partial charge in [0.1, 0.15) is 5.82 Å². The van der Waals surface area contributed by atoms with Crippen molar-refractivity contribution in [1.29, 1.82) is 0 Å². The molecular formula is C14H24FIN4O2S. The van der Waals surface area contributed by atoms with Gasteiger partial charge in [-0.3, -0.25) is 9.71 Å². The molecule has 0 saturated heterocycles. The molecule has 132 valence electrons. The van der Waals surface area contributed by atoms with Crippen molar-refractivity contribution in [2.24, 2.45) is 4.99 Å². The number of guanidine groups is 1. The SMILES string of the molecule is CN=C(NCCS(=O)(=O)Nc1ccc(C)c(F)c1)NC(C)C.I. The summed E-state index contributed by atoms with van der Waals surface area (Å²) in [4.78, 5) is 3.98. The number of anilines is 1. The summed E-state index contributed by atoms with van der Waals surface area (Å²) in [7, 11) is -1.95. The molecule has 3 N–H and O–H groups in total. The van der Waals surface area contributed by atoms with Gasteiger partial charge in [-0.2, -0.15) is 0 Å². The summed E-state index contributed by atoms with van der Waals surface area (Å²) < 4.78 is 39.7. The Morgan fingerprint density at radius 2 is 2.00 bits per heavy atom. The van der Waals surface area contributed by atoms with Gasteiger partial charge in [0.15, 0.2) is 5.96 Å². The van der Waals surface area contributed by atoms with Gasteiger partial charge in [-0.15, -0.1) is 24.0 Å². The molecule has 0 saturated carbocycles. The zero-order valence-corrected chi connectivity index (χ0v) is 16.8. The van der Waals surface area contributed by atoms with Gasteiger partial charge in [0, 0.05) is 19.6 Å². The van der Waals surface area contributed by atoms with Crippen LogP contribution in [0.15, 0.2) is 23.2 Å². The normalized spacial score (nSPS) is 11.8. The monoisotopic (exact) mass is 458 g/mol. The van der Waals surface area contributed by atoms with Crippen LogP contribution in [0.3, 0.4) is 0 Å². The van der Waals surface area contributed by atoms with E-state index in [1.54, 1.807) is 14.0 Å². The Morgan fingerprint density at radius 1 is 1.35 bits per heavy atom. The van der Waals surface area contributed by atoms with Gasteiger partial charge in [-0.25, -0.2) is 12.8 Å².